The molecule has 0 aromatic rings. The number of hydrogen-bond acceptors (Lipinski definition) is 8. The Balaban J connectivity index is 3.51. The summed E-state index contributed by atoms with van der Waals surface area (Å²) >= 11 is 0. The minimum Gasteiger partial charge on any atom is -0.428 e. The van der Waals surface area contributed by atoms with Gasteiger partial charge in [0.1, 0.15) is 0 Å². The fraction of sp³-hybridized carbons (Fsp3) is 0.840. The van der Waals surface area contributed by atoms with Crippen LogP contribution in [0, 0.1) is 0 Å². The number of esters is 4. The van der Waals surface area contributed by atoms with Gasteiger partial charge in [0.15, 0.2) is 0 Å². The summed E-state index contributed by atoms with van der Waals surface area (Å²) in [6.07, 6.45) is 13.3. The van der Waals surface area contributed by atoms with Crippen molar-refractivity contribution in [3.05, 3.63) is 0 Å². The molecule has 0 rings (SSSR count). The Bertz CT molecular complexity index is 486. The lowest BCUT2D eigenvalue weighted by Crippen LogP contribution is -2.13. The molecule has 0 amide bonds. The van der Waals surface area contributed by atoms with E-state index in [1.807, 2.05) is 0 Å². The highest BCUT2D eigenvalue weighted by atomic mass is 16.7. The Hall–Kier alpha value is -2.12. The van der Waals surface area contributed by atoms with Gasteiger partial charge >= 0.3 is 23.9 Å². The normalized spacial score (nSPS) is 10.5. The second kappa shape index (κ2) is 23.1. The molecule has 33 heavy (non-hydrogen) atoms. The van der Waals surface area contributed by atoms with Crippen molar-refractivity contribution in [1.82, 2.24) is 0 Å². The summed E-state index contributed by atoms with van der Waals surface area (Å²) in [5.41, 5.74) is 0. The molecule has 0 fully saturated rings. The van der Waals surface area contributed by atoms with E-state index < -0.39 is 11.9 Å². The van der Waals surface area contributed by atoms with E-state index in [2.05, 4.69) is 13.8 Å². The van der Waals surface area contributed by atoms with Crippen LogP contribution in [-0.2, 0) is 38.1 Å². The minimum absolute atomic E-state index is 0.194. The van der Waals surface area contributed by atoms with Crippen molar-refractivity contribution in [2.24, 2.45) is 0 Å². The third-order valence-corrected chi connectivity index (χ3v) is 5.11. The highest BCUT2D eigenvalue weighted by Crippen LogP contribution is 2.08. The molecule has 0 radical (unpaired) electrons. The van der Waals surface area contributed by atoms with Gasteiger partial charge in [-0.05, 0) is 25.7 Å². The number of carbonyl (C=O) groups excluding carboxylic acids is 4. The monoisotopic (exact) mass is 472 g/mol. The molecule has 0 spiro atoms. The van der Waals surface area contributed by atoms with Gasteiger partial charge in [0.2, 0.25) is 13.6 Å². The van der Waals surface area contributed by atoms with E-state index in [4.69, 9.17) is 18.9 Å². The van der Waals surface area contributed by atoms with Crippen LogP contribution in [0.4, 0.5) is 0 Å². The van der Waals surface area contributed by atoms with E-state index in [-0.39, 0.29) is 38.4 Å². The zero-order valence-corrected chi connectivity index (χ0v) is 20.7. The number of unbranched alkanes of at least 4 members (excludes halogenated alkanes) is 10. The van der Waals surface area contributed by atoms with Crippen LogP contribution in [0.5, 0.6) is 0 Å². The molecule has 0 aliphatic rings. The van der Waals surface area contributed by atoms with Crippen LogP contribution in [0.2, 0.25) is 0 Å². The first-order valence-corrected chi connectivity index (χ1v) is 12.6. The van der Waals surface area contributed by atoms with Crippen molar-refractivity contribution in [1.29, 1.82) is 0 Å². The highest BCUT2D eigenvalue weighted by Gasteiger charge is 2.08. The summed E-state index contributed by atoms with van der Waals surface area (Å²) in [4.78, 5) is 46.3. The van der Waals surface area contributed by atoms with Gasteiger partial charge in [-0.1, -0.05) is 71.6 Å². The quantitative estimate of drug-likeness (QED) is 0.111. The molecule has 0 saturated heterocycles. The van der Waals surface area contributed by atoms with Gasteiger partial charge in [0.25, 0.3) is 0 Å². The first-order chi connectivity index (χ1) is 16.0. The molecule has 0 N–H and O–H groups in total. The van der Waals surface area contributed by atoms with Crippen LogP contribution in [0.25, 0.3) is 0 Å². The molecule has 0 aromatic carbocycles. The summed E-state index contributed by atoms with van der Waals surface area (Å²) < 4.78 is 19.6. The highest BCUT2D eigenvalue weighted by molar-refractivity contribution is 5.71. The lowest BCUT2D eigenvalue weighted by molar-refractivity contribution is -0.168. The van der Waals surface area contributed by atoms with Crippen molar-refractivity contribution in [2.75, 3.05) is 13.6 Å². The fourth-order valence-corrected chi connectivity index (χ4v) is 3.07. The second-order valence-electron chi connectivity index (χ2n) is 8.19. The third kappa shape index (κ3) is 22.9. The van der Waals surface area contributed by atoms with E-state index in [1.54, 1.807) is 0 Å². The van der Waals surface area contributed by atoms with Gasteiger partial charge in [-0.2, -0.15) is 0 Å². The molecular formula is C25H44O8. The Morgan fingerprint density at radius 1 is 0.394 bits per heavy atom. The van der Waals surface area contributed by atoms with Crippen molar-refractivity contribution in [2.45, 2.75) is 123 Å². The summed E-state index contributed by atoms with van der Waals surface area (Å²) in [7, 11) is 0. The van der Waals surface area contributed by atoms with Crippen LogP contribution < -0.4 is 0 Å². The molecule has 192 valence electrons. The van der Waals surface area contributed by atoms with Crippen LogP contribution in [-0.4, -0.2) is 37.5 Å². The summed E-state index contributed by atoms with van der Waals surface area (Å²) in [6, 6.07) is 0. The van der Waals surface area contributed by atoms with Crippen LogP contribution in [0.15, 0.2) is 0 Å². The molecule has 0 bridgehead atoms. The average Bonchev–Trinajstić information content (AvgIpc) is 2.78. The van der Waals surface area contributed by atoms with E-state index in [0.717, 1.165) is 51.4 Å². The molecule has 0 aliphatic heterocycles. The maximum Gasteiger partial charge on any atom is 0.308 e. The summed E-state index contributed by atoms with van der Waals surface area (Å²) in [5.74, 6) is -1.57. The predicted molar refractivity (Wildman–Crippen MR) is 124 cm³/mol. The number of ether oxygens (including phenoxy) is 4. The SMILES string of the molecule is CCCCCCCC(=O)OCOC(=O)CCCCCC(=O)OCOC(=O)CCCCCCC. The molecule has 8 nitrogen and oxygen atoms in total. The van der Waals surface area contributed by atoms with Crippen LogP contribution >= 0.6 is 0 Å². The Labute approximate surface area is 199 Å². The molecule has 0 saturated carbocycles. The zero-order chi connectivity index (χ0) is 24.6. The largest absolute Gasteiger partial charge is 0.428 e. The smallest absolute Gasteiger partial charge is 0.308 e. The minimum atomic E-state index is -0.435. The van der Waals surface area contributed by atoms with E-state index in [1.165, 1.54) is 12.8 Å². The van der Waals surface area contributed by atoms with Gasteiger partial charge < -0.3 is 18.9 Å². The van der Waals surface area contributed by atoms with Gasteiger partial charge in [0, 0.05) is 25.7 Å². The maximum absolute atomic E-state index is 11.6. The van der Waals surface area contributed by atoms with Gasteiger partial charge in [-0.3, -0.25) is 19.2 Å². The standard InChI is InChI=1S/C25H44O8/c1-3-5-7-9-12-16-22(26)30-20-32-24(28)18-14-11-15-19-25(29)33-21-31-23(27)17-13-10-8-6-4-2/h3-21H2,1-2H3. The van der Waals surface area contributed by atoms with Gasteiger partial charge in [-0.25, -0.2) is 0 Å². The third-order valence-electron chi connectivity index (χ3n) is 5.11. The van der Waals surface area contributed by atoms with Gasteiger partial charge in [0.05, 0.1) is 0 Å². The zero-order valence-electron chi connectivity index (χ0n) is 20.7. The molecule has 0 aromatic heterocycles. The second-order valence-corrected chi connectivity index (χ2v) is 8.19. The van der Waals surface area contributed by atoms with Crippen molar-refractivity contribution in [3.63, 3.8) is 0 Å². The Morgan fingerprint density at radius 3 is 0.909 bits per heavy atom. The average molecular weight is 473 g/mol. The van der Waals surface area contributed by atoms with Gasteiger partial charge in [-0.15, -0.1) is 0 Å². The maximum atomic E-state index is 11.6. The van der Waals surface area contributed by atoms with E-state index in [9.17, 15) is 19.2 Å². The molecule has 0 heterocycles. The summed E-state index contributed by atoms with van der Waals surface area (Å²) in [6.45, 7) is 3.57. The van der Waals surface area contributed by atoms with Crippen LogP contribution in [0.3, 0.4) is 0 Å². The molecule has 0 atom stereocenters. The Kier molecular flexibility index (Phi) is 21.6. The molecule has 0 aliphatic carbocycles. The topological polar surface area (TPSA) is 105 Å². The van der Waals surface area contributed by atoms with E-state index >= 15 is 0 Å². The van der Waals surface area contributed by atoms with Crippen molar-refractivity contribution in [3.8, 4) is 0 Å². The lowest BCUT2D eigenvalue weighted by Gasteiger charge is -2.07. The fourth-order valence-electron chi connectivity index (χ4n) is 3.07. The molecule has 0 unspecified atom stereocenters. The molecular weight excluding hydrogens is 428 g/mol. The predicted octanol–water partition coefficient (Wildman–Crippen LogP) is 5.75. The number of hydrogen-bond donors (Lipinski definition) is 0. The Morgan fingerprint density at radius 2 is 0.636 bits per heavy atom. The van der Waals surface area contributed by atoms with Crippen LogP contribution in [0.1, 0.15) is 123 Å². The first-order valence-electron chi connectivity index (χ1n) is 12.6. The van der Waals surface area contributed by atoms with Crippen molar-refractivity contribution >= 4 is 23.9 Å². The van der Waals surface area contributed by atoms with Crippen molar-refractivity contribution < 1.29 is 38.1 Å². The lowest BCUT2D eigenvalue weighted by atomic mass is 10.1. The molecule has 8 heteroatoms. The first kappa shape index (κ1) is 30.9. The summed E-state index contributed by atoms with van der Waals surface area (Å²) in [5, 5.41) is 0. The number of carbonyl (C=O) groups is 4. The van der Waals surface area contributed by atoms with E-state index in [0.29, 0.717) is 32.1 Å². The number of rotatable bonds is 22.